The van der Waals surface area contributed by atoms with Crippen LogP contribution in [0.4, 0.5) is 18.9 Å². The SMILES string of the molecule is N#Cc1cc(S(=O)NCC(=O)N(Cc2ccc(C3CCCCC3)cn2)c2ccccc2F)cc(F)c1F. The van der Waals surface area contributed by atoms with Crippen LogP contribution in [-0.4, -0.2) is 21.6 Å². The Hall–Kier alpha value is -3.55. The number of pyridine rings is 1. The van der Waals surface area contributed by atoms with Gasteiger partial charge in [-0.3, -0.25) is 9.78 Å². The van der Waals surface area contributed by atoms with Gasteiger partial charge in [0.1, 0.15) is 22.9 Å². The molecular formula is C27H25F3N4O2S. The summed E-state index contributed by atoms with van der Waals surface area (Å²) in [6, 6.07) is 12.7. The second-order valence-corrected chi connectivity index (χ2v) is 10.1. The zero-order chi connectivity index (χ0) is 26.4. The molecule has 192 valence electrons. The van der Waals surface area contributed by atoms with Crippen molar-refractivity contribution in [3.63, 3.8) is 0 Å². The van der Waals surface area contributed by atoms with Crippen molar-refractivity contribution in [3.8, 4) is 6.07 Å². The average Bonchev–Trinajstić information content (AvgIpc) is 2.93. The van der Waals surface area contributed by atoms with Crippen molar-refractivity contribution in [2.75, 3.05) is 11.4 Å². The number of aromatic nitrogens is 1. The van der Waals surface area contributed by atoms with E-state index in [0.29, 0.717) is 17.7 Å². The molecule has 10 heteroatoms. The highest BCUT2D eigenvalue weighted by atomic mass is 32.2. The van der Waals surface area contributed by atoms with Crippen LogP contribution in [0.15, 0.2) is 59.6 Å². The first-order valence-electron chi connectivity index (χ1n) is 11.9. The average molecular weight is 527 g/mol. The van der Waals surface area contributed by atoms with Crippen molar-refractivity contribution in [1.82, 2.24) is 9.71 Å². The van der Waals surface area contributed by atoms with Gasteiger partial charge in [0, 0.05) is 6.20 Å². The lowest BCUT2D eigenvalue weighted by Gasteiger charge is -2.24. The third-order valence-corrected chi connectivity index (χ3v) is 7.45. The van der Waals surface area contributed by atoms with Crippen LogP contribution in [0.25, 0.3) is 0 Å². The number of anilines is 1. The van der Waals surface area contributed by atoms with Crippen LogP contribution in [0.3, 0.4) is 0 Å². The summed E-state index contributed by atoms with van der Waals surface area (Å²) in [5.41, 5.74) is 1.12. The summed E-state index contributed by atoms with van der Waals surface area (Å²) in [6.45, 7) is -0.523. The molecule has 0 spiro atoms. The second kappa shape index (κ2) is 12.1. The summed E-state index contributed by atoms with van der Waals surface area (Å²) in [6.07, 6.45) is 7.68. The molecule has 1 atom stereocenters. The molecule has 1 aromatic heterocycles. The van der Waals surface area contributed by atoms with Gasteiger partial charge in [-0.1, -0.05) is 37.5 Å². The predicted octanol–water partition coefficient (Wildman–Crippen LogP) is 5.26. The summed E-state index contributed by atoms with van der Waals surface area (Å²) in [7, 11) is -2.13. The highest BCUT2D eigenvalue weighted by Gasteiger charge is 2.22. The molecule has 1 aliphatic rings. The maximum absolute atomic E-state index is 14.6. The molecule has 6 nitrogen and oxygen atoms in total. The summed E-state index contributed by atoms with van der Waals surface area (Å²) in [4.78, 5) is 18.6. The fraction of sp³-hybridized carbons (Fsp3) is 0.296. The fourth-order valence-corrected chi connectivity index (χ4v) is 5.26. The van der Waals surface area contributed by atoms with Crippen molar-refractivity contribution >= 4 is 22.6 Å². The first-order chi connectivity index (χ1) is 17.9. The molecular weight excluding hydrogens is 501 g/mol. The Kier molecular flexibility index (Phi) is 8.69. The maximum atomic E-state index is 14.6. The van der Waals surface area contributed by atoms with E-state index in [0.717, 1.165) is 24.5 Å². The summed E-state index contributed by atoms with van der Waals surface area (Å²) in [5.74, 6) is -3.43. The van der Waals surface area contributed by atoms with Gasteiger partial charge in [0.15, 0.2) is 11.6 Å². The third-order valence-electron chi connectivity index (χ3n) is 6.38. The van der Waals surface area contributed by atoms with Crippen LogP contribution in [-0.2, 0) is 22.3 Å². The fourth-order valence-electron chi connectivity index (χ4n) is 4.41. The highest BCUT2D eigenvalue weighted by Crippen LogP contribution is 2.32. The van der Waals surface area contributed by atoms with Gasteiger partial charge in [-0.05, 0) is 54.7 Å². The number of nitrogens with zero attached hydrogens (tertiary/aromatic N) is 3. The molecule has 0 bridgehead atoms. The lowest BCUT2D eigenvalue weighted by Crippen LogP contribution is -2.39. The zero-order valence-corrected chi connectivity index (χ0v) is 20.7. The zero-order valence-electron chi connectivity index (χ0n) is 19.9. The number of halogens is 3. The third kappa shape index (κ3) is 6.42. The van der Waals surface area contributed by atoms with Crippen LogP contribution >= 0.6 is 0 Å². The Morgan fingerprint density at radius 2 is 1.84 bits per heavy atom. The Balaban J connectivity index is 1.50. The van der Waals surface area contributed by atoms with Crippen molar-refractivity contribution in [1.29, 1.82) is 5.26 Å². The van der Waals surface area contributed by atoms with Gasteiger partial charge in [0.05, 0.1) is 34.9 Å². The van der Waals surface area contributed by atoms with Crippen molar-refractivity contribution < 1.29 is 22.2 Å². The van der Waals surface area contributed by atoms with Crippen molar-refractivity contribution in [2.45, 2.75) is 49.5 Å². The molecule has 37 heavy (non-hydrogen) atoms. The molecule has 1 unspecified atom stereocenters. The van der Waals surface area contributed by atoms with Crippen molar-refractivity contribution in [2.24, 2.45) is 0 Å². The van der Waals surface area contributed by atoms with Gasteiger partial charge >= 0.3 is 0 Å². The molecule has 4 rings (SSSR count). The van der Waals surface area contributed by atoms with Gasteiger partial charge in [0.25, 0.3) is 0 Å². The van der Waals surface area contributed by atoms with E-state index in [1.807, 2.05) is 12.1 Å². The normalized spacial score (nSPS) is 14.6. The second-order valence-electron chi connectivity index (χ2n) is 8.82. The van der Waals surface area contributed by atoms with E-state index in [-0.39, 0.29) is 17.1 Å². The van der Waals surface area contributed by atoms with E-state index in [1.165, 1.54) is 48.4 Å². The Labute approximate surface area is 215 Å². The topological polar surface area (TPSA) is 86.1 Å². The number of carbonyl (C=O) groups is 1. The number of benzene rings is 2. The summed E-state index contributed by atoms with van der Waals surface area (Å²) in [5, 5.41) is 8.95. The molecule has 0 aliphatic heterocycles. The van der Waals surface area contributed by atoms with Gasteiger partial charge in [-0.2, -0.15) is 5.26 Å². The van der Waals surface area contributed by atoms with Crippen LogP contribution in [0.1, 0.15) is 54.8 Å². The number of rotatable bonds is 8. The molecule has 3 aromatic rings. The number of amides is 1. The first-order valence-corrected chi connectivity index (χ1v) is 13.1. The molecule has 1 heterocycles. The standard InChI is InChI=1S/C27H25F3N4O2S/c28-23-8-4-5-9-25(23)34(17-21-11-10-19(15-32-21)18-6-2-1-3-7-18)26(35)16-33-37(36)22-12-20(14-31)27(30)24(29)13-22/h4-5,8-13,15,18,33H,1-3,6-7,16-17H2. The Morgan fingerprint density at radius 1 is 1.08 bits per heavy atom. The smallest absolute Gasteiger partial charge is 0.242 e. The minimum absolute atomic E-state index is 0.0250. The number of para-hydroxylation sites is 1. The lowest BCUT2D eigenvalue weighted by atomic mass is 9.85. The van der Waals surface area contributed by atoms with E-state index in [1.54, 1.807) is 12.3 Å². The summed E-state index contributed by atoms with van der Waals surface area (Å²) >= 11 is 0. The van der Waals surface area contributed by atoms with E-state index in [9.17, 15) is 22.2 Å². The Bertz CT molecular complexity index is 1340. The van der Waals surface area contributed by atoms with E-state index in [2.05, 4.69) is 9.71 Å². The van der Waals surface area contributed by atoms with Gasteiger partial charge in [-0.25, -0.2) is 22.1 Å². The molecule has 1 aliphatic carbocycles. The van der Waals surface area contributed by atoms with Crippen LogP contribution in [0, 0.1) is 28.8 Å². The summed E-state index contributed by atoms with van der Waals surface area (Å²) < 4.78 is 57.0. The monoisotopic (exact) mass is 526 g/mol. The lowest BCUT2D eigenvalue weighted by molar-refractivity contribution is -0.117. The minimum atomic E-state index is -2.13. The van der Waals surface area contributed by atoms with Gasteiger partial charge < -0.3 is 4.90 Å². The van der Waals surface area contributed by atoms with Crippen LogP contribution < -0.4 is 9.62 Å². The number of carbonyl (C=O) groups excluding carboxylic acids is 1. The van der Waals surface area contributed by atoms with Crippen LogP contribution in [0.5, 0.6) is 0 Å². The van der Waals surface area contributed by atoms with Gasteiger partial charge in [0.2, 0.25) is 5.91 Å². The molecule has 0 saturated heterocycles. The van der Waals surface area contributed by atoms with Crippen molar-refractivity contribution in [3.05, 3.63) is 89.0 Å². The van der Waals surface area contributed by atoms with E-state index < -0.39 is 46.5 Å². The quantitative estimate of drug-likeness (QED) is 0.434. The number of nitriles is 1. The molecule has 1 saturated carbocycles. The Morgan fingerprint density at radius 3 is 2.51 bits per heavy atom. The van der Waals surface area contributed by atoms with E-state index >= 15 is 0 Å². The molecule has 1 N–H and O–H groups in total. The van der Waals surface area contributed by atoms with Crippen LogP contribution in [0.2, 0.25) is 0 Å². The maximum Gasteiger partial charge on any atom is 0.242 e. The molecule has 1 fully saturated rings. The number of hydrogen-bond donors (Lipinski definition) is 1. The molecule has 0 radical (unpaired) electrons. The minimum Gasteiger partial charge on any atom is -0.302 e. The number of hydrogen-bond acceptors (Lipinski definition) is 4. The molecule has 1 amide bonds. The number of nitrogens with one attached hydrogen (secondary N) is 1. The predicted molar refractivity (Wildman–Crippen MR) is 133 cm³/mol. The van der Waals surface area contributed by atoms with E-state index in [4.69, 9.17) is 5.26 Å². The largest absolute Gasteiger partial charge is 0.302 e. The molecule has 2 aromatic carbocycles. The van der Waals surface area contributed by atoms with Gasteiger partial charge in [-0.15, -0.1) is 0 Å². The highest BCUT2D eigenvalue weighted by molar-refractivity contribution is 7.83. The first kappa shape index (κ1) is 26.5.